The fraction of sp³-hybridized carbons (Fsp3) is 0.0500. The lowest BCUT2D eigenvalue weighted by Crippen LogP contribution is -2.16. The molecule has 0 spiro atoms. The Labute approximate surface area is 184 Å². The Balaban J connectivity index is 1.68. The van der Waals surface area contributed by atoms with Crippen LogP contribution in [0.1, 0.15) is 0 Å². The van der Waals surface area contributed by atoms with Crippen LogP contribution in [-0.2, 0) is 20.0 Å². The number of hydrogen-bond acceptors (Lipinski definition) is 7. The van der Waals surface area contributed by atoms with E-state index in [9.17, 15) is 21.9 Å². The Bertz CT molecular complexity index is 1510. The molecule has 2 aromatic carbocycles. The molecule has 0 aliphatic rings. The van der Waals surface area contributed by atoms with Gasteiger partial charge in [-0.15, -0.1) is 0 Å². The van der Waals surface area contributed by atoms with Crippen molar-refractivity contribution in [2.24, 2.45) is 0 Å². The summed E-state index contributed by atoms with van der Waals surface area (Å²) in [6.07, 6.45) is 2.78. The molecule has 0 amide bonds. The zero-order valence-electron chi connectivity index (χ0n) is 16.6. The van der Waals surface area contributed by atoms with Gasteiger partial charge in [0.05, 0.1) is 23.4 Å². The molecule has 0 aliphatic carbocycles. The number of methoxy groups -OCH3 is 1. The molecule has 0 fully saturated rings. The zero-order chi connectivity index (χ0) is 22.9. The quantitative estimate of drug-likeness (QED) is 0.301. The summed E-state index contributed by atoms with van der Waals surface area (Å²) in [7, 11) is -6.89. The fourth-order valence-corrected chi connectivity index (χ4v) is 5.38. The maximum absolute atomic E-state index is 12.9. The SMILES string of the molecule is COc1ccccc1NS(=O)(=O)c1ccc(O)c(NS(=O)(=O)c2c[nH]c3ncccc23)c1. The number of rotatable bonds is 7. The average Bonchev–Trinajstić information content (AvgIpc) is 3.20. The molecule has 4 N–H and O–H groups in total. The Hall–Kier alpha value is -3.77. The Morgan fingerprint density at radius 1 is 0.938 bits per heavy atom. The second-order valence-electron chi connectivity index (χ2n) is 6.64. The molecule has 166 valence electrons. The molecule has 0 atom stereocenters. The number of H-pyrrole nitrogens is 1. The van der Waals surface area contributed by atoms with Crippen LogP contribution in [0, 0.1) is 0 Å². The number of ether oxygens (including phenoxy) is 1. The first-order chi connectivity index (χ1) is 15.2. The standard InChI is InChI=1S/C20H18N4O6S2/c1-30-18-7-3-2-6-15(18)23-31(26,27)13-8-9-17(25)16(11-13)24-32(28,29)19-12-22-20-14(19)5-4-10-21-20/h2-12,23-25H,1H3,(H,21,22). The van der Waals surface area contributed by atoms with Crippen molar-refractivity contribution in [3.8, 4) is 11.5 Å². The van der Waals surface area contributed by atoms with E-state index < -0.39 is 25.8 Å². The van der Waals surface area contributed by atoms with Crippen molar-refractivity contribution in [1.29, 1.82) is 0 Å². The minimum Gasteiger partial charge on any atom is -0.506 e. The minimum absolute atomic E-state index is 0.0968. The van der Waals surface area contributed by atoms with Crippen LogP contribution in [0.4, 0.5) is 11.4 Å². The van der Waals surface area contributed by atoms with Crippen LogP contribution in [0.5, 0.6) is 11.5 Å². The molecule has 12 heteroatoms. The number of benzene rings is 2. The van der Waals surface area contributed by atoms with E-state index in [-0.39, 0.29) is 21.2 Å². The van der Waals surface area contributed by atoms with E-state index in [0.717, 1.165) is 18.2 Å². The van der Waals surface area contributed by atoms with Crippen LogP contribution in [0.15, 0.2) is 76.8 Å². The molecule has 0 saturated carbocycles. The highest BCUT2D eigenvalue weighted by atomic mass is 32.2. The van der Waals surface area contributed by atoms with Crippen molar-refractivity contribution in [3.05, 3.63) is 67.0 Å². The van der Waals surface area contributed by atoms with E-state index in [4.69, 9.17) is 4.74 Å². The molecule has 32 heavy (non-hydrogen) atoms. The lowest BCUT2D eigenvalue weighted by atomic mass is 10.3. The number of anilines is 2. The van der Waals surface area contributed by atoms with Gasteiger partial charge in [-0.1, -0.05) is 12.1 Å². The van der Waals surface area contributed by atoms with Crippen LogP contribution < -0.4 is 14.2 Å². The number of sulfonamides is 2. The van der Waals surface area contributed by atoms with Crippen molar-refractivity contribution in [3.63, 3.8) is 0 Å². The van der Waals surface area contributed by atoms with Crippen LogP contribution in [-0.4, -0.2) is 39.0 Å². The number of nitrogens with zero attached hydrogens (tertiary/aromatic N) is 1. The third-order valence-corrected chi connectivity index (χ3v) is 7.35. The minimum atomic E-state index is -4.17. The van der Waals surface area contributed by atoms with Gasteiger partial charge in [0.15, 0.2) is 0 Å². The number of fused-ring (bicyclic) bond motifs is 1. The highest BCUT2D eigenvalue weighted by molar-refractivity contribution is 7.93. The van der Waals surface area contributed by atoms with Gasteiger partial charge in [-0.3, -0.25) is 9.44 Å². The van der Waals surface area contributed by atoms with Gasteiger partial charge in [0.25, 0.3) is 20.0 Å². The fourth-order valence-electron chi connectivity index (χ4n) is 3.05. The smallest absolute Gasteiger partial charge is 0.264 e. The number of aromatic hydroxyl groups is 1. The molecule has 0 unspecified atom stereocenters. The lowest BCUT2D eigenvalue weighted by Gasteiger charge is -2.14. The molecule has 4 aromatic rings. The van der Waals surface area contributed by atoms with E-state index in [0.29, 0.717) is 16.8 Å². The highest BCUT2D eigenvalue weighted by Gasteiger charge is 2.23. The monoisotopic (exact) mass is 474 g/mol. The van der Waals surface area contributed by atoms with Gasteiger partial charge in [0, 0.05) is 17.8 Å². The Kier molecular flexibility index (Phi) is 5.40. The van der Waals surface area contributed by atoms with Gasteiger partial charge in [-0.05, 0) is 42.5 Å². The van der Waals surface area contributed by atoms with Gasteiger partial charge in [-0.25, -0.2) is 21.8 Å². The molecule has 2 heterocycles. The largest absolute Gasteiger partial charge is 0.506 e. The summed E-state index contributed by atoms with van der Waals surface area (Å²) in [6.45, 7) is 0. The van der Waals surface area contributed by atoms with Crippen molar-refractivity contribution in [2.45, 2.75) is 9.79 Å². The number of aromatic nitrogens is 2. The number of phenols is 1. The topological polar surface area (TPSA) is 150 Å². The lowest BCUT2D eigenvalue weighted by molar-refractivity contribution is 0.417. The zero-order valence-corrected chi connectivity index (χ0v) is 18.2. The van der Waals surface area contributed by atoms with Crippen LogP contribution >= 0.6 is 0 Å². The van der Waals surface area contributed by atoms with Gasteiger partial charge in [-0.2, -0.15) is 0 Å². The summed E-state index contributed by atoms with van der Waals surface area (Å²) in [6, 6.07) is 12.9. The highest BCUT2D eigenvalue weighted by Crippen LogP contribution is 2.32. The van der Waals surface area contributed by atoms with Crippen LogP contribution in [0.25, 0.3) is 11.0 Å². The van der Waals surface area contributed by atoms with E-state index in [1.807, 2.05) is 0 Å². The van der Waals surface area contributed by atoms with Crippen molar-refractivity contribution < 1.29 is 26.7 Å². The Morgan fingerprint density at radius 3 is 2.47 bits per heavy atom. The summed E-state index contributed by atoms with van der Waals surface area (Å²) in [5, 5.41) is 10.5. The van der Waals surface area contributed by atoms with Gasteiger partial charge < -0.3 is 14.8 Å². The molecule has 0 radical (unpaired) electrons. The first-order valence-electron chi connectivity index (χ1n) is 9.15. The summed E-state index contributed by atoms with van der Waals surface area (Å²) < 4.78 is 61.3. The first kappa shape index (κ1) is 21.5. The van der Waals surface area contributed by atoms with Crippen LogP contribution in [0.2, 0.25) is 0 Å². The van der Waals surface area contributed by atoms with Gasteiger partial charge in [0.1, 0.15) is 22.0 Å². The number of phenolic OH excluding ortho intramolecular Hbond substituents is 1. The van der Waals surface area contributed by atoms with E-state index in [2.05, 4.69) is 19.4 Å². The second kappa shape index (κ2) is 8.05. The number of hydrogen-bond donors (Lipinski definition) is 4. The predicted octanol–water partition coefficient (Wildman–Crippen LogP) is 2.88. The maximum atomic E-state index is 12.9. The molecule has 0 saturated heterocycles. The van der Waals surface area contributed by atoms with E-state index >= 15 is 0 Å². The number of para-hydroxylation sites is 2. The summed E-state index contributed by atoms with van der Waals surface area (Å²) >= 11 is 0. The molecule has 10 nitrogen and oxygen atoms in total. The summed E-state index contributed by atoms with van der Waals surface area (Å²) in [5.74, 6) is -0.133. The maximum Gasteiger partial charge on any atom is 0.264 e. The van der Waals surface area contributed by atoms with E-state index in [1.54, 1.807) is 30.3 Å². The van der Waals surface area contributed by atoms with Gasteiger partial charge >= 0.3 is 0 Å². The van der Waals surface area contributed by atoms with Crippen molar-refractivity contribution in [1.82, 2.24) is 9.97 Å². The molecule has 4 rings (SSSR count). The second-order valence-corrected chi connectivity index (χ2v) is 9.98. The summed E-state index contributed by atoms with van der Waals surface area (Å²) in [4.78, 5) is 6.44. The molecule has 0 bridgehead atoms. The number of nitrogens with one attached hydrogen (secondary N) is 3. The van der Waals surface area contributed by atoms with Crippen molar-refractivity contribution in [2.75, 3.05) is 16.6 Å². The van der Waals surface area contributed by atoms with Crippen LogP contribution in [0.3, 0.4) is 0 Å². The van der Waals surface area contributed by atoms with Gasteiger partial charge in [0.2, 0.25) is 0 Å². The van der Waals surface area contributed by atoms with Crippen molar-refractivity contribution >= 4 is 42.5 Å². The van der Waals surface area contributed by atoms with E-state index in [1.165, 1.54) is 25.6 Å². The predicted molar refractivity (Wildman–Crippen MR) is 119 cm³/mol. The first-order valence-corrected chi connectivity index (χ1v) is 12.1. The number of pyridine rings is 1. The molecule has 2 aromatic heterocycles. The Morgan fingerprint density at radius 2 is 1.69 bits per heavy atom. The normalized spacial score (nSPS) is 11.9. The molecule has 0 aliphatic heterocycles. The third kappa shape index (κ3) is 4.05. The number of aromatic amines is 1. The molecular weight excluding hydrogens is 456 g/mol. The third-order valence-electron chi connectivity index (χ3n) is 4.58. The average molecular weight is 475 g/mol. The summed E-state index contributed by atoms with van der Waals surface area (Å²) in [5.41, 5.74) is 0.275. The molecular formula is C20H18N4O6S2.